The Hall–Kier alpha value is -2.70. The van der Waals surface area contributed by atoms with Crippen LogP contribution >= 0.6 is 0 Å². The van der Waals surface area contributed by atoms with Gasteiger partial charge in [0.15, 0.2) is 0 Å². The van der Waals surface area contributed by atoms with Gasteiger partial charge in [0, 0.05) is 37.9 Å². The maximum atomic E-state index is 12.9. The highest BCUT2D eigenvalue weighted by Gasteiger charge is 2.57. The van der Waals surface area contributed by atoms with Gasteiger partial charge in [0.1, 0.15) is 5.75 Å². The topological polar surface area (TPSA) is 78.9 Å². The van der Waals surface area contributed by atoms with E-state index < -0.39 is 11.0 Å². The predicted octanol–water partition coefficient (Wildman–Crippen LogP) is 5.17. The number of amides is 1. The van der Waals surface area contributed by atoms with Gasteiger partial charge in [0.05, 0.1) is 5.60 Å². The molecule has 3 aliphatic rings. The van der Waals surface area contributed by atoms with E-state index in [1.54, 1.807) is 6.07 Å². The van der Waals surface area contributed by atoms with Crippen LogP contribution in [0.5, 0.6) is 5.75 Å². The van der Waals surface area contributed by atoms with Gasteiger partial charge in [0.25, 0.3) is 0 Å². The number of nitrogens with zero attached hydrogens (tertiary/aromatic N) is 1. The summed E-state index contributed by atoms with van der Waals surface area (Å²) in [5.74, 6) is 1.05. The Bertz CT molecular complexity index is 1130. The number of aliphatic hydroxyl groups is 1. The Labute approximate surface area is 233 Å². The molecular weight excluding hydrogens is 488 g/mol. The molecule has 3 atom stereocenters. The first-order valence-electron chi connectivity index (χ1n) is 14.9. The molecule has 1 amide bonds. The van der Waals surface area contributed by atoms with E-state index in [-0.39, 0.29) is 17.9 Å². The number of β-amino-alcohol motifs (C(OH)–C–C–N with tert-alkyl or cyclic N) is 1. The predicted molar refractivity (Wildman–Crippen MR) is 153 cm³/mol. The Morgan fingerprint density at radius 1 is 1.03 bits per heavy atom. The van der Waals surface area contributed by atoms with Crippen LogP contribution in [0.4, 0.5) is 0 Å². The quantitative estimate of drug-likeness (QED) is 0.237. The van der Waals surface area contributed by atoms with Gasteiger partial charge in [-0.15, -0.1) is 0 Å². The van der Waals surface area contributed by atoms with E-state index in [2.05, 4.69) is 40.5 Å². The van der Waals surface area contributed by atoms with Crippen molar-refractivity contribution in [3.63, 3.8) is 0 Å². The largest absolute Gasteiger partial charge is 0.427 e. The molecule has 0 bridgehead atoms. The van der Waals surface area contributed by atoms with Crippen LogP contribution in [0, 0.1) is 5.92 Å². The zero-order valence-corrected chi connectivity index (χ0v) is 23.4. The Balaban J connectivity index is 1.23. The number of ether oxygens (including phenoxy) is 1. The maximum absolute atomic E-state index is 12.9. The highest BCUT2D eigenvalue weighted by atomic mass is 16.5. The van der Waals surface area contributed by atoms with Crippen LogP contribution in [0.1, 0.15) is 82.3 Å². The SMILES string of the molecule is CC(=O)Oc1cccc(C23CCN(CC4CC4)CC2(O)CCC(NC(=O)CCCCCc2ccccc2)C3)c1. The number of esters is 1. The second-order valence-electron chi connectivity index (χ2n) is 12.2. The Morgan fingerprint density at radius 3 is 2.62 bits per heavy atom. The van der Waals surface area contributed by atoms with E-state index in [9.17, 15) is 14.7 Å². The monoisotopic (exact) mass is 532 g/mol. The number of piperidine rings is 1. The summed E-state index contributed by atoms with van der Waals surface area (Å²) in [6, 6.07) is 18.2. The molecule has 2 N–H and O–H groups in total. The number of benzene rings is 2. The summed E-state index contributed by atoms with van der Waals surface area (Å²) in [5, 5.41) is 15.6. The van der Waals surface area contributed by atoms with Crippen molar-refractivity contribution in [2.75, 3.05) is 19.6 Å². The van der Waals surface area contributed by atoms with Crippen molar-refractivity contribution in [3.05, 3.63) is 65.7 Å². The standard InChI is InChI=1S/C33H44N2O4/c1-25(36)39-30-13-8-12-28(21-30)32-19-20-35(23-27-15-16-27)24-33(32,38)18-17-29(22-32)34-31(37)14-7-3-6-11-26-9-4-2-5-10-26/h2,4-5,8-10,12-13,21,27,29,38H,3,6-7,11,14-20,22-24H2,1H3,(H,34,37). The van der Waals surface area contributed by atoms with Crippen LogP contribution in [0.2, 0.25) is 0 Å². The number of hydrogen-bond donors (Lipinski definition) is 2. The summed E-state index contributed by atoms with van der Waals surface area (Å²) >= 11 is 0. The van der Waals surface area contributed by atoms with Crippen molar-refractivity contribution < 1.29 is 19.4 Å². The van der Waals surface area contributed by atoms with Gasteiger partial charge in [-0.2, -0.15) is 0 Å². The lowest BCUT2D eigenvalue weighted by Gasteiger charge is -2.58. The van der Waals surface area contributed by atoms with Crippen molar-refractivity contribution >= 4 is 11.9 Å². The molecule has 0 aromatic heterocycles. The van der Waals surface area contributed by atoms with Gasteiger partial charge in [0.2, 0.25) is 5.91 Å². The second-order valence-corrected chi connectivity index (χ2v) is 12.2. The number of carbonyl (C=O) groups is 2. The molecule has 1 heterocycles. The molecule has 210 valence electrons. The number of fused-ring (bicyclic) bond motifs is 1. The van der Waals surface area contributed by atoms with Gasteiger partial charge in [-0.25, -0.2) is 0 Å². The molecule has 3 fully saturated rings. The Morgan fingerprint density at radius 2 is 1.85 bits per heavy atom. The van der Waals surface area contributed by atoms with Gasteiger partial charge in [-0.1, -0.05) is 48.9 Å². The molecule has 2 aliphatic carbocycles. The minimum atomic E-state index is -0.881. The number of hydrogen-bond acceptors (Lipinski definition) is 5. The molecule has 2 aromatic rings. The molecule has 1 aliphatic heterocycles. The highest BCUT2D eigenvalue weighted by molar-refractivity contribution is 5.76. The number of unbranched alkanes of at least 4 members (excludes halogenated alkanes) is 2. The summed E-state index contributed by atoms with van der Waals surface area (Å²) < 4.78 is 5.42. The first-order chi connectivity index (χ1) is 18.8. The second kappa shape index (κ2) is 12.2. The molecule has 1 saturated heterocycles. The smallest absolute Gasteiger partial charge is 0.308 e. The summed E-state index contributed by atoms with van der Waals surface area (Å²) in [4.78, 5) is 27.0. The molecule has 0 radical (unpaired) electrons. The fourth-order valence-corrected chi connectivity index (χ4v) is 6.96. The van der Waals surface area contributed by atoms with E-state index in [0.717, 1.165) is 63.1 Å². The van der Waals surface area contributed by atoms with Crippen LogP contribution in [0.15, 0.2) is 54.6 Å². The van der Waals surface area contributed by atoms with E-state index in [0.29, 0.717) is 31.6 Å². The van der Waals surface area contributed by atoms with Gasteiger partial charge < -0.3 is 20.1 Å². The molecule has 39 heavy (non-hydrogen) atoms. The summed E-state index contributed by atoms with van der Waals surface area (Å²) in [5.41, 5.74) is 0.987. The molecule has 6 nitrogen and oxygen atoms in total. The number of rotatable bonds is 11. The lowest BCUT2D eigenvalue weighted by molar-refractivity contribution is -0.134. The first kappa shape index (κ1) is 27.9. The highest BCUT2D eigenvalue weighted by Crippen LogP contribution is 2.52. The minimum absolute atomic E-state index is 0.0226. The number of nitrogens with one attached hydrogen (secondary N) is 1. The van der Waals surface area contributed by atoms with E-state index in [1.807, 2.05) is 18.2 Å². The van der Waals surface area contributed by atoms with Crippen LogP contribution in [0.3, 0.4) is 0 Å². The lowest BCUT2D eigenvalue weighted by Crippen LogP contribution is -2.67. The number of aryl methyl sites for hydroxylation is 1. The number of likely N-dealkylation sites (tertiary alicyclic amines) is 1. The molecule has 2 aromatic carbocycles. The van der Waals surface area contributed by atoms with Crippen LogP contribution in [0.25, 0.3) is 0 Å². The summed E-state index contributed by atoms with van der Waals surface area (Å²) in [6.07, 6.45) is 10.2. The van der Waals surface area contributed by atoms with Crippen molar-refractivity contribution in [2.45, 2.75) is 94.6 Å². The molecular formula is C33H44N2O4. The fraction of sp³-hybridized carbons (Fsp3) is 0.576. The van der Waals surface area contributed by atoms with Crippen LogP contribution < -0.4 is 10.1 Å². The summed E-state index contributed by atoms with van der Waals surface area (Å²) in [7, 11) is 0. The molecule has 6 heteroatoms. The third-order valence-corrected chi connectivity index (χ3v) is 9.17. The van der Waals surface area contributed by atoms with E-state index in [4.69, 9.17) is 4.74 Å². The summed E-state index contributed by atoms with van der Waals surface area (Å²) in [6.45, 7) is 4.06. The van der Waals surface area contributed by atoms with Crippen molar-refractivity contribution in [1.82, 2.24) is 10.2 Å². The minimum Gasteiger partial charge on any atom is -0.427 e. The molecule has 2 saturated carbocycles. The van der Waals surface area contributed by atoms with Crippen molar-refractivity contribution in [1.29, 1.82) is 0 Å². The zero-order chi connectivity index (χ0) is 27.3. The number of carbonyl (C=O) groups excluding carboxylic acids is 2. The fourth-order valence-electron chi connectivity index (χ4n) is 6.96. The third kappa shape index (κ3) is 6.90. The van der Waals surface area contributed by atoms with Gasteiger partial charge >= 0.3 is 5.97 Å². The van der Waals surface area contributed by atoms with Gasteiger partial charge in [-0.05, 0) is 93.5 Å². The van der Waals surface area contributed by atoms with Gasteiger partial charge in [-0.3, -0.25) is 9.59 Å². The van der Waals surface area contributed by atoms with Crippen molar-refractivity contribution in [3.8, 4) is 5.75 Å². The maximum Gasteiger partial charge on any atom is 0.308 e. The zero-order valence-electron chi connectivity index (χ0n) is 23.4. The van der Waals surface area contributed by atoms with Crippen molar-refractivity contribution in [2.24, 2.45) is 5.92 Å². The molecule has 5 rings (SSSR count). The third-order valence-electron chi connectivity index (χ3n) is 9.17. The first-order valence-corrected chi connectivity index (χ1v) is 14.9. The Kier molecular flexibility index (Phi) is 8.73. The van der Waals surface area contributed by atoms with Crippen LogP contribution in [-0.4, -0.2) is 53.2 Å². The average molecular weight is 533 g/mol. The van der Waals surface area contributed by atoms with Crippen LogP contribution in [-0.2, 0) is 21.4 Å². The lowest BCUT2D eigenvalue weighted by atomic mass is 9.55. The normalized spacial score (nSPS) is 27.0. The van der Waals surface area contributed by atoms with E-state index in [1.165, 1.54) is 25.3 Å². The van der Waals surface area contributed by atoms with E-state index >= 15 is 0 Å². The molecule has 3 unspecified atom stereocenters. The average Bonchev–Trinajstić information content (AvgIpc) is 3.73. The molecule has 0 spiro atoms.